The van der Waals surface area contributed by atoms with Crippen molar-refractivity contribution in [1.29, 1.82) is 0 Å². The molecule has 3 aliphatic rings. The Hall–Kier alpha value is -3.71. The van der Waals surface area contributed by atoms with Crippen LogP contribution in [0.2, 0.25) is 0 Å². The average Bonchev–Trinajstić information content (AvgIpc) is 3.85. The molecular formula is C38H57N7O5. The number of amides is 3. The second-order valence-electron chi connectivity index (χ2n) is 15.3. The first-order chi connectivity index (χ1) is 23.7. The van der Waals surface area contributed by atoms with E-state index in [1.807, 2.05) is 44.7 Å². The lowest BCUT2D eigenvalue weighted by atomic mass is 9.95. The van der Waals surface area contributed by atoms with Gasteiger partial charge in [0.25, 0.3) is 0 Å². The van der Waals surface area contributed by atoms with Gasteiger partial charge in [-0.25, -0.2) is 0 Å². The summed E-state index contributed by atoms with van der Waals surface area (Å²) in [6.07, 6.45) is 3.56. The Kier molecular flexibility index (Phi) is 11.8. The third kappa shape index (κ3) is 7.78. The molecule has 274 valence electrons. The van der Waals surface area contributed by atoms with Gasteiger partial charge in [-0.1, -0.05) is 53.7 Å². The smallest absolute Gasteiger partial charge is 0.247 e. The molecule has 12 nitrogen and oxygen atoms in total. The topological polar surface area (TPSA) is 177 Å². The normalized spacial score (nSPS) is 24.9. The van der Waals surface area contributed by atoms with Crippen LogP contribution in [0.25, 0.3) is 0 Å². The number of nitrogens with one attached hydrogen (secondary N) is 2. The van der Waals surface area contributed by atoms with E-state index in [0.717, 1.165) is 24.0 Å². The maximum Gasteiger partial charge on any atom is 0.247 e. The molecule has 8 N–H and O–H groups in total. The van der Waals surface area contributed by atoms with E-state index in [-0.39, 0.29) is 53.5 Å². The van der Waals surface area contributed by atoms with E-state index in [9.17, 15) is 24.7 Å². The standard InChI is InChI=1S/C38H57N7O5/c1-21(2)23(5)37(48)43-17-7-9-33(43)35(46)41-29-13-11-25(19-27(29)39)31-15-16-32(45(31)50)26-12-14-30(28(40)20-26)42-36(47)34-10-8-18-44(34)38(49)24(6)22(3)4/h11-14,19-24,31-34,37,48,50H,7-10,15-18,39-40H2,1-6H3,(H,41,46)(H,42,47). The van der Waals surface area contributed by atoms with Gasteiger partial charge in [-0.2, -0.15) is 5.06 Å². The quantitative estimate of drug-likeness (QED) is 0.170. The number of benzene rings is 2. The summed E-state index contributed by atoms with van der Waals surface area (Å²) in [7, 11) is 0. The molecular weight excluding hydrogens is 634 g/mol. The van der Waals surface area contributed by atoms with Crippen LogP contribution in [-0.2, 0) is 14.4 Å². The van der Waals surface area contributed by atoms with Crippen LogP contribution >= 0.6 is 0 Å². The van der Waals surface area contributed by atoms with Crippen LogP contribution in [-0.4, -0.2) is 74.3 Å². The molecule has 3 saturated heterocycles. The van der Waals surface area contributed by atoms with E-state index in [1.165, 1.54) is 5.06 Å². The van der Waals surface area contributed by atoms with Gasteiger partial charge in [0.05, 0.1) is 40.9 Å². The van der Waals surface area contributed by atoms with Crippen molar-refractivity contribution in [3.05, 3.63) is 47.5 Å². The van der Waals surface area contributed by atoms with Crippen LogP contribution in [0.1, 0.15) is 103 Å². The highest BCUT2D eigenvalue weighted by atomic mass is 16.5. The number of rotatable bonds is 11. The van der Waals surface area contributed by atoms with Crippen molar-refractivity contribution < 1.29 is 24.7 Å². The first-order valence-electron chi connectivity index (χ1n) is 18.3. The molecule has 0 aliphatic carbocycles. The first-order valence-corrected chi connectivity index (χ1v) is 18.3. The number of anilines is 4. The summed E-state index contributed by atoms with van der Waals surface area (Å²) in [6, 6.07) is 9.24. The fourth-order valence-corrected chi connectivity index (χ4v) is 7.56. The van der Waals surface area contributed by atoms with Crippen LogP contribution in [0.5, 0.6) is 0 Å². The van der Waals surface area contributed by atoms with Crippen molar-refractivity contribution in [3.63, 3.8) is 0 Å². The third-order valence-corrected chi connectivity index (χ3v) is 11.5. The lowest BCUT2D eigenvalue weighted by Gasteiger charge is -2.34. The second kappa shape index (κ2) is 15.7. The molecule has 0 aromatic heterocycles. The average molecular weight is 692 g/mol. The van der Waals surface area contributed by atoms with Crippen LogP contribution in [0.3, 0.4) is 0 Å². The van der Waals surface area contributed by atoms with E-state index in [2.05, 4.69) is 24.5 Å². The summed E-state index contributed by atoms with van der Waals surface area (Å²) in [4.78, 5) is 43.2. The number of nitrogen functional groups attached to an aromatic ring is 2. The number of likely N-dealkylation sites (tertiary alicyclic amines) is 2. The van der Waals surface area contributed by atoms with Crippen molar-refractivity contribution in [2.75, 3.05) is 35.2 Å². The predicted octanol–water partition coefficient (Wildman–Crippen LogP) is 5.35. The van der Waals surface area contributed by atoms with Gasteiger partial charge in [-0.3, -0.25) is 19.3 Å². The molecule has 12 heteroatoms. The maximum atomic E-state index is 13.3. The minimum atomic E-state index is -0.692. The van der Waals surface area contributed by atoms with Crippen molar-refractivity contribution in [2.24, 2.45) is 23.7 Å². The zero-order chi connectivity index (χ0) is 36.4. The molecule has 5 rings (SSSR count). The SMILES string of the molecule is CC(C)C(C)C(=O)N1CCCC1C(=O)Nc1ccc(C2CCC(c3ccc(NC(=O)C4CCCN4C(O)C(C)C(C)C)c(N)c3)N2O)cc1N. The number of aliphatic hydroxyl groups is 1. The Bertz CT molecular complexity index is 1550. The van der Waals surface area contributed by atoms with Gasteiger partial charge in [0, 0.05) is 19.0 Å². The fourth-order valence-electron chi connectivity index (χ4n) is 7.56. The fraction of sp³-hybridized carbons (Fsp3) is 0.605. The Morgan fingerprint density at radius 2 is 1.24 bits per heavy atom. The number of nitrogens with zero attached hydrogens (tertiary/aromatic N) is 3. The van der Waals surface area contributed by atoms with E-state index in [4.69, 9.17) is 11.5 Å². The number of carbonyl (C=O) groups excluding carboxylic acids is 3. The van der Waals surface area contributed by atoms with Gasteiger partial charge in [0.15, 0.2) is 0 Å². The molecule has 7 atom stereocenters. The summed E-state index contributed by atoms with van der Waals surface area (Å²) in [5.41, 5.74) is 16.3. The lowest BCUT2D eigenvalue weighted by molar-refractivity contribution is -0.140. The van der Waals surface area contributed by atoms with Gasteiger partial charge in [-0.05, 0) is 91.7 Å². The Morgan fingerprint density at radius 3 is 1.74 bits per heavy atom. The highest BCUT2D eigenvalue weighted by Crippen LogP contribution is 2.44. The molecule has 7 unspecified atom stereocenters. The van der Waals surface area contributed by atoms with Crippen molar-refractivity contribution >= 4 is 40.5 Å². The summed E-state index contributed by atoms with van der Waals surface area (Å²) >= 11 is 0. The molecule has 2 aromatic rings. The van der Waals surface area contributed by atoms with Gasteiger partial charge in [0.2, 0.25) is 17.7 Å². The molecule has 3 aliphatic heterocycles. The maximum absolute atomic E-state index is 13.3. The van der Waals surface area contributed by atoms with Crippen LogP contribution in [0, 0.1) is 23.7 Å². The van der Waals surface area contributed by atoms with Crippen molar-refractivity contribution in [3.8, 4) is 0 Å². The monoisotopic (exact) mass is 691 g/mol. The number of hydrogen-bond donors (Lipinski definition) is 6. The number of carbonyl (C=O) groups is 3. The van der Waals surface area contributed by atoms with Crippen LogP contribution in [0.15, 0.2) is 36.4 Å². The molecule has 50 heavy (non-hydrogen) atoms. The van der Waals surface area contributed by atoms with E-state index >= 15 is 0 Å². The predicted molar refractivity (Wildman–Crippen MR) is 196 cm³/mol. The number of aliphatic hydroxyl groups excluding tert-OH is 1. The Balaban J connectivity index is 1.21. The van der Waals surface area contributed by atoms with E-state index in [1.54, 1.807) is 29.2 Å². The second-order valence-corrected chi connectivity index (χ2v) is 15.3. The van der Waals surface area contributed by atoms with E-state index in [0.29, 0.717) is 61.5 Å². The summed E-state index contributed by atoms with van der Waals surface area (Å²) < 4.78 is 0. The molecule has 0 saturated carbocycles. The minimum Gasteiger partial charge on any atom is -0.397 e. The number of hydrogen-bond acceptors (Lipinski definition) is 9. The molecule has 3 fully saturated rings. The van der Waals surface area contributed by atoms with Crippen LogP contribution < -0.4 is 22.1 Å². The molecule has 0 bridgehead atoms. The van der Waals surface area contributed by atoms with Gasteiger partial charge in [-0.15, -0.1) is 0 Å². The zero-order valence-corrected chi connectivity index (χ0v) is 30.4. The highest BCUT2D eigenvalue weighted by Gasteiger charge is 2.39. The van der Waals surface area contributed by atoms with Crippen molar-refractivity contribution in [1.82, 2.24) is 14.9 Å². The molecule has 0 radical (unpaired) electrons. The number of nitrogens with two attached hydrogens (primary N) is 2. The summed E-state index contributed by atoms with van der Waals surface area (Å²) in [6.45, 7) is 13.3. The molecule has 3 heterocycles. The first kappa shape index (κ1) is 37.5. The van der Waals surface area contributed by atoms with Crippen molar-refractivity contribution in [2.45, 2.75) is 110 Å². The molecule has 0 spiro atoms. The van der Waals surface area contributed by atoms with Gasteiger partial charge in [0.1, 0.15) is 12.3 Å². The Labute approximate surface area is 296 Å². The minimum absolute atomic E-state index is 0.00399. The summed E-state index contributed by atoms with van der Waals surface area (Å²) in [5, 5.41) is 29.5. The molecule has 3 amide bonds. The lowest BCUT2D eigenvalue weighted by Crippen LogP contribution is -2.48. The Morgan fingerprint density at radius 1 is 0.740 bits per heavy atom. The zero-order valence-electron chi connectivity index (χ0n) is 30.4. The summed E-state index contributed by atoms with van der Waals surface area (Å²) in [5.74, 6) is -0.0799. The molecule has 2 aromatic carbocycles. The van der Waals surface area contributed by atoms with Gasteiger partial charge < -0.3 is 37.3 Å². The van der Waals surface area contributed by atoms with Gasteiger partial charge >= 0.3 is 0 Å². The highest BCUT2D eigenvalue weighted by molar-refractivity contribution is 6.00. The number of hydroxylamine groups is 2. The van der Waals surface area contributed by atoms with E-state index < -0.39 is 18.3 Å². The third-order valence-electron chi connectivity index (χ3n) is 11.5. The largest absolute Gasteiger partial charge is 0.397 e. The van der Waals surface area contributed by atoms with Crippen LogP contribution in [0.4, 0.5) is 22.7 Å².